The lowest BCUT2D eigenvalue weighted by Gasteiger charge is -2.18. The first kappa shape index (κ1) is 9.27. The van der Waals surface area contributed by atoms with E-state index < -0.39 is 0 Å². The molecule has 0 spiro atoms. The minimum absolute atomic E-state index is 0.872. The van der Waals surface area contributed by atoms with Crippen LogP contribution in [0.3, 0.4) is 0 Å². The van der Waals surface area contributed by atoms with Gasteiger partial charge in [-0.25, -0.2) is 0 Å². The molecule has 16 heavy (non-hydrogen) atoms. The van der Waals surface area contributed by atoms with Gasteiger partial charge in [-0.2, -0.15) is 0 Å². The van der Waals surface area contributed by atoms with E-state index in [-0.39, 0.29) is 0 Å². The van der Waals surface area contributed by atoms with E-state index >= 15 is 0 Å². The Morgan fingerprint density at radius 3 is 3.12 bits per heavy atom. The van der Waals surface area contributed by atoms with Crippen molar-refractivity contribution >= 4 is 22.9 Å². The smallest absolute Gasteiger partial charge is 0.104 e. The van der Waals surface area contributed by atoms with Crippen molar-refractivity contribution in [3.8, 4) is 0 Å². The van der Waals surface area contributed by atoms with Gasteiger partial charge in [-0.05, 0) is 30.0 Å². The Labute approximate surface area is 94.0 Å². The van der Waals surface area contributed by atoms with Crippen LogP contribution in [0.2, 0.25) is 0 Å². The van der Waals surface area contributed by atoms with E-state index in [1.807, 2.05) is 17.5 Å². The van der Waals surface area contributed by atoms with Crippen LogP contribution in [0.25, 0.3) is 10.9 Å². The number of aliphatic imine (C=N–C) groups is 1. The molecule has 0 radical (unpaired) electrons. The zero-order valence-corrected chi connectivity index (χ0v) is 9.20. The molecular weight excluding hydrogens is 200 g/mol. The summed E-state index contributed by atoms with van der Waals surface area (Å²) in [5.41, 5.74) is 6.92. The monoisotopic (exact) mass is 214 g/mol. The van der Waals surface area contributed by atoms with Gasteiger partial charge in [0.25, 0.3) is 0 Å². The standard InChI is InChI=1S/C12H14N4/c1-9-11(15-16-7-6-13-8-16)3-2-10-4-5-14-12(9)10/h2-5,8,14-15H,6-7H2,1H3. The molecule has 2 aromatic rings. The summed E-state index contributed by atoms with van der Waals surface area (Å²) in [5.74, 6) is 0. The van der Waals surface area contributed by atoms with Gasteiger partial charge in [-0.1, -0.05) is 6.07 Å². The molecule has 0 unspecified atom stereocenters. The number of hydrazine groups is 1. The fourth-order valence-electron chi connectivity index (χ4n) is 2.02. The molecule has 0 saturated heterocycles. The number of hydrogen-bond acceptors (Lipinski definition) is 3. The second-order valence-corrected chi connectivity index (χ2v) is 4.01. The summed E-state index contributed by atoms with van der Waals surface area (Å²) < 4.78 is 0. The van der Waals surface area contributed by atoms with Gasteiger partial charge in [0.1, 0.15) is 6.34 Å². The van der Waals surface area contributed by atoms with Crippen LogP contribution in [-0.4, -0.2) is 29.4 Å². The van der Waals surface area contributed by atoms with Crippen LogP contribution in [-0.2, 0) is 0 Å². The molecule has 1 aromatic carbocycles. The van der Waals surface area contributed by atoms with Gasteiger partial charge in [-0.3, -0.25) is 15.4 Å². The molecule has 82 valence electrons. The number of aromatic nitrogens is 1. The van der Waals surface area contributed by atoms with Crippen LogP contribution in [0.5, 0.6) is 0 Å². The molecule has 0 aliphatic carbocycles. The molecule has 0 amide bonds. The summed E-state index contributed by atoms with van der Waals surface area (Å²) in [6, 6.07) is 6.31. The van der Waals surface area contributed by atoms with Crippen molar-refractivity contribution < 1.29 is 0 Å². The average molecular weight is 214 g/mol. The van der Waals surface area contributed by atoms with Crippen molar-refractivity contribution in [2.75, 3.05) is 18.5 Å². The highest BCUT2D eigenvalue weighted by molar-refractivity contribution is 5.87. The molecule has 4 nitrogen and oxygen atoms in total. The summed E-state index contributed by atoms with van der Waals surface area (Å²) in [7, 11) is 0. The average Bonchev–Trinajstić information content (AvgIpc) is 2.93. The van der Waals surface area contributed by atoms with E-state index in [0.29, 0.717) is 0 Å². The molecule has 1 aliphatic heterocycles. The quantitative estimate of drug-likeness (QED) is 0.804. The van der Waals surface area contributed by atoms with E-state index in [2.05, 4.69) is 40.5 Å². The lowest BCUT2D eigenvalue weighted by Crippen LogP contribution is -2.26. The molecule has 2 N–H and O–H groups in total. The largest absolute Gasteiger partial charge is 0.361 e. The van der Waals surface area contributed by atoms with Crippen molar-refractivity contribution in [1.82, 2.24) is 9.99 Å². The first-order valence-electron chi connectivity index (χ1n) is 5.44. The van der Waals surface area contributed by atoms with Crippen LogP contribution >= 0.6 is 0 Å². The molecule has 0 fully saturated rings. The topological polar surface area (TPSA) is 43.4 Å². The first-order valence-corrected chi connectivity index (χ1v) is 5.44. The van der Waals surface area contributed by atoms with Crippen molar-refractivity contribution in [3.63, 3.8) is 0 Å². The highest BCUT2D eigenvalue weighted by Crippen LogP contribution is 2.24. The lowest BCUT2D eigenvalue weighted by atomic mass is 10.1. The molecule has 1 aliphatic rings. The maximum Gasteiger partial charge on any atom is 0.104 e. The maximum absolute atomic E-state index is 4.17. The third-order valence-corrected chi connectivity index (χ3v) is 2.94. The number of hydrogen-bond donors (Lipinski definition) is 2. The Morgan fingerprint density at radius 1 is 1.38 bits per heavy atom. The number of anilines is 1. The Kier molecular flexibility index (Phi) is 2.06. The second-order valence-electron chi connectivity index (χ2n) is 4.01. The van der Waals surface area contributed by atoms with E-state index in [0.717, 1.165) is 18.8 Å². The maximum atomic E-state index is 4.17. The lowest BCUT2D eigenvalue weighted by molar-refractivity contribution is 0.557. The van der Waals surface area contributed by atoms with Gasteiger partial charge in [-0.15, -0.1) is 0 Å². The number of nitrogens with zero attached hydrogens (tertiary/aromatic N) is 2. The zero-order valence-electron chi connectivity index (χ0n) is 9.20. The van der Waals surface area contributed by atoms with Gasteiger partial charge < -0.3 is 4.98 Å². The molecule has 1 aromatic heterocycles. The SMILES string of the molecule is Cc1c(NN2C=NCC2)ccc2cc[nH]c12. The van der Waals surface area contributed by atoms with Gasteiger partial charge >= 0.3 is 0 Å². The minimum Gasteiger partial charge on any atom is -0.361 e. The van der Waals surface area contributed by atoms with Gasteiger partial charge in [0.2, 0.25) is 0 Å². The van der Waals surface area contributed by atoms with E-state index in [9.17, 15) is 0 Å². The van der Waals surface area contributed by atoms with Gasteiger partial charge in [0.15, 0.2) is 0 Å². The fraction of sp³-hybridized carbons (Fsp3) is 0.250. The van der Waals surface area contributed by atoms with E-state index in [1.54, 1.807) is 0 Å². The van der Waals surface area contributed by atoms with Crippen molar-refractivity contribution in [2.24, 2.45) is 4.99 Å². The van der Waals surface area contributed by atoms with Crippen molar-refractivity contribution in [3.05, 3.63) is 30.0 Å². The van der Waals surface area contributed by atoms with Gasteiger partial charge in [0, 0.05) is 6.20 Å². The summed E-state index contributed by atoms with van der Waals surface area (Å²) in [4.78, 5) is 7.43. The van der Waals surface area contributed by atoms with Crippen LogP contribution in [0.15, 0.2) is 29.4 Å². The van der Waals surface area contributed by atoms with Crippen molar-refractivity contribution in [1.29, 1.82) is 0 Å². The molecular formula is C12H14N4. The first-order chi connectivity index (χ1) is 7.84. The Morgan fingerprint density at radius 2 is 2.31 bits per heavy atom. The highest BCUT2D eigenvalue weighted by Gasteiger charge is 2.08. The number of fused-ring (bicyclic) bond motifs is 1. The normalized spacial score (nSPS) is 14.9. The summed E-state index contributed by atoms with van der Waals surface area (Å²) in [6.07, 6.45) is 3.82. The highest BCUT2D eigenvalue weighted by atomic mass is 15.5. The molecule has 0 bridgehead atoms. The molecule has 4 heteroatoms. The number of nitrogens with one attached hydrogen (secondary N) is 2. The second kappa shape index (κ2) is 3.56. The van der Waals surface area contributed by atoms with Crippen LogP contribution < -0.4 is 5.43 Å². The Hall–Kier alpha value is -1.97. The molecule has 0 atom stereocenters. The van der Waals surface area contributed by atoms with Gasteiger partial charge in [0.05, 0.1) is 24.3 Å². The predicted octanol–water partition coefficient (Wildman–Crippen LogP) is 2.15. The van der Waals surface area contributed by atoms with Crippen molar-refractivity contribution in [2.45, 2.75) is 6.92 Å². The Bertz CT molecular complexity index is 541. The third-order valence-electron chi connectivity index (χ3n) is 2.94. The van der Waals surface area contributed by atoms with Crippen LogP contribution in [0, 0.1) is 6.92 Å². The number of benzene rings is 1. The summed E-state index contributed by atoms with van der Waals surface area (Å²) >= 11 is 0. The molecule has 3 rings (SSSR count). The molecule has 0 saturated carbocycles. The third kappa shape index (κ3) is 1.43. The summed E-state index contributed by atoms with van der Waals surface area (Å²) in [5, 5.41) is 3.26. The fourth-order valence-corrected chi connectivity index (χ4v) is 2.02. The minimum atomic E-state index is 0.872. The molecule has 2 heterocycles. The predicted molar refractivity (Wildman–Crippen MR) is 66.7 cm³/mol. The number of H-pyrrole nitrogens is 1. The van der Waals surface area contributed by atoms with E-state index in [4.69, 9.17) is 0 Å². The van der Waals surface area contributed by atoms with E-state index in [1.165, 1.54) is 16.5 Å². The zero-order chi connectivity index (χ0) is 11.0. The number of rotatable bonds is 2. The number of aromatic amines is 1. The number of aryl methyl sites for hydroxylation is 1. The Balaban J connectivity index is 1.96. The van der Waals surface area contributed by atoms with Crippen LogP contribution in [0.1, 0.15) is 5.56 Å². The summed E-state index contributed by atoms with van der Waals surface area (Å²) in [6.45, 7) is 3.92. The van der Waals surface area contributed by atoms with Crippen LogP contribution in [0.4, 0.5) is 5.69 Å².